The summed E-state index contributed by atoms with van der Waals surface area (Å²) in [6, 6.07) is 0. The summed E-state index contributed by atoms with van der Waals surface area (Å²) in [4.78, 5) is 15.8. The molecule has 1 aromatic rings. The molecule has 0 radical (unpaired) electrons. The van der Waals surface area contributed by atoms with Crippen LogP contribution in [0.25, 0.3) is 0 Å². The van der Waals surface area contributed by atoms with Crippen molar-refractivity contribution in [1.29, 1.82) is 0 Å². The fraction of sp³-hybridized carbons (Fsp3) is 0.692. The molecule has 0 spiro atoms. The first-order valence-electron chi connectivity index (χ1n) is 6.68. The molecule has 0 atom stereocenters. The zero-order chi connectivity index (χ0) is 12.8. The quantitative estimate of drug-likeness (QED) is 0.807. The third-order valence-electron chi connectivity index (χ3n) is 3.40. The summed E-state index contributed by atoms with van der Waals surface area (Å²) in [6.07, 6.45) is 9.48. The van der Waals surface area contributed by atoms with Crippen LogP contribution in [0, 0.1) is 5.92 Å². The van der Waals surface area contributed by atoms with Crippen molar-refractivity contribution < 1.29 is 9.53 Å². The second kappa shape index (κ2) is 6.54. The van der Waals surface area contributed by atoms with E-state index >= 15 is 0 Å². The third-order valence-corrected chi connectivity index (χ3v) is 3.40. The SMILES string of the molecule is NCCn1cnc(C(=O)OCC2CCCCC2)c1. The maximum Gasteiger partial charge on any atom is 0.358 e. The minimum absolute atomic E-state index is 0.323. The molecule has 1 saturated carbocycles. The van der Waals surface area contributed by atoms with Crippen LogP contribution >= 0.6 is 0 Å². The van der Waals surface area contributed by atoms with E-state index in [-0.39, 0.29) is 5.97 Å². The highest BCUT2D eigenvalue weighted by Crippen LogP contribution is 2.23. The van der Waals surface area contributed by atoms with Crippen LogP contribution in [0.5, 0.6) is 0 Å². The lowest BCUT2D eigenvalue weighted by molar-refractivity contribution is 0.0404. The number of carbonyl (C=O) groups excluding carboxylic acids is 1. The Kier molecular flexibility index (Phi) is 4.75. The van der Waals surface area contributed by atoms with Crippen molar-refractivity contribution in [2.24, 2.45) is 11.7 Å². The predicted octanol–water partition coefficient (Wildman–Crippen LogP) is 1.58. The van der Waals surface area contributed by atoms with Crippen LogP contribution < -0.4 is 5.73 Å². The van der Waals surface area contributed by atoms with E-state index in [0.717, 1.165) is 0 Å². The number of ether oxygens (including phenoxy) is 1. The maximum atomic E-state index is 11.8. The van der Waals surface area contributed by atoms with Crippen molar-refractivity contribution in [3.05, 3.63) is 18.2 Å². The van der Waals surface area contributed by atoms with Crippen LogP contribution in [0.1, 0.15) is 42.6 Å². The standard InChI is InChI=1S/C13H21N3O2/c14-6-7-16-8-12(15-10-16)13(17)18-9-11-4-2-1-3-5-11/h8,10-11H,1-7,9,14H2. The number of aromatic nitrogens is 2. The van der Waals surface area contributed by atoms with E-state index in [2.05, 4.69) is 4.98 Å². The Labute approximate surface area is 107 Å². The van der Waals surface area contributed by atoms with Gasteiger partial charge >= 0.3 is 5.97 Å². The average Bonchev–Trinajstić information content (AvgIpc) is 2.86. The number of nitrogens with two attached hydrogens (primary N) is 1. The summed E-state index contributed by atoms with van der Waals surface area (Å²) >= 11 is 0. The van der Waals surface area contributed by atoms with Crippen molar-refractivity contribution >= 4 is 5.97 Å². The lowest BCUT2D eigenvalue weighted by atomic mass is 9.90. The molecule has 0 amide bonds. The second-order valence-electron chi connectivity index (χ2n) is 4.89. The van der Waals surface area contributed by atoms with E-state index < -0.39 is 0 Å². The van der Waals surface area contributed by atoms with E-state index in [9.17, 15) is 4.79 Å². The van der Waals surface area contributed by atoms with Crippen molar-refractivity contribution in [2.45, 2.75) is 38.6 Å². The molecule has 5 nitrogen and oxygen atoms in total. The maximum absolute atomic E-state index is 11.8. The fourth-order valence-corrected chi connectivity index (χ4v) is 2.36. The molecular formula is C13H21N3O2. The number of hydrogen-bond acceptors (Lipinski definition) is 4. The summed E-state index contributed by atoms with van der Waals surface area (Å²) in [6.45, 7) is 1.73. The van der Waals surface area contributed by atoms with Gasteiger partial charge in [0.2, 0.25) is 0 Å². The highest BCUT2D eigenvalue weighted by atomic mass is 16.5. The van der Waals surface area contributed by atoms with Gasteiger partial charge in [-0.25, -0.2) is 9.78 Å². The van der Waals surface area contributed by atoms with Gasteiger partial charge in [-0.05, 0) is 18.8 Å². The molecule has 2 rings (SSSR count). The number of esters is 1. The highest BCUT2D eigenvalue weighted by Gasteiger charge is 2.17. The first-order chi connectivity index (χ1) is 8.79. The Morgan fingerprint density at radius 3 is 2.94 bits per heavy atom. The Hall–Kier alpha value is -1.36. The molecule has 0 aromatic carbocycles. The summed E-state index contributed by atoms with van der Waals surface area (Å²) < 4.78 is 7.12. The molecule has 1 aliphatic rings. The van der Waals surface area contributed by atoms with Crippen LogP contribution in [0.2, 0.25) is 0 Å². The number of carbonyl (C=O) groups is 1. The van der Waals surface area contributed by atoms with Crippen LogP contribution in [-0.2, 0) is 11.3 Å². The van der Waals surface area contributed by atoms with Gasteiger partial charge in [0, 0.05) is 19.3 Å². The van der Waals surface area contributed by atoms with E-state index in [1.165, 1.54) is 32.1 Å². The molecule has 0 saturated heterocycles. The van der Waals surface area contributed by atoms with Gasteiger partial charge in [-0.1, -0.05) is 19.3 Å². The summed E-state index contributed by atoms with van der Waals surface area (Å²) in [5.74, 6) is 0.213. The van der Waals surface area contributed by atoms with E-state index in [4.69, 9.17) is 10.5 Å². The summed E-state index contributed by atoms with van der Waals surface area (Å²) in [7, 11) is 0. The van der Waals surface area contributed by atoms with Gasteiger partial charge in [0.25, 0.3) is 0 Å². The first kappa shape index (κ1) is 13.1. The van der Waals surface area contributed by atoms with E-state index in [1.54, 1.807) is 17.1 Å². The normalized spacial score (nSPS) is 16.7. The van der Waals surface area contributed by atoms with Gasteiger partial charge in [-0.15, -0.1) is 0 Å². The Morgan fingerprint density at radius 2 is 2.22 bits per heavy atom. The highest BCUT2D eigenvalue weighted by molar-refractivity contribution is 5.86. The first-order valence-corrected chi connectivity index (χ1v) is 6.68. The molecule has 2 N–H and O–H groups in total. The number of imidazole rings is 1. The van der Waals surface area contributed by atoms with Crippen LogP contribution in [0.4, 0.5) is 0 Å². The lowest BCUT2D eigenvalue weighted by Gasteiger charge is -2.20. The van der Waals surface area contributed by atoms with Gasteiger partial charge in [-0.3, -0.25) is 0 Å². The van der Waals surface area contributed by atoms with Crippen molar-refractivity contribution in [3.63, 3.8) is 0 Å². The molecular weight excluding hydrogens is 230 g/mol. The summed E-state index contributed by atoms with van der Waals surface area (Å²) in [5.41, 5.74) is 5.81. The molecule has 1 fully saturated rings. The van der Waals surface area contributed by atoms with Crippen LogP contribution in [0.15, 0.2) is 12.5 Å². The van der Waals surface area contributed by atoms with E-state index in [1.807, 2.05) is 0 Å². The molecule has 1 heterocycles. The van der Waals surface area contributed by atoms with Crippen molar-refractivity contribution in [1.82, 2.24) is 9.55 Å². The number of rotatable bonds is 5. The van der Waals surface area contributed by atoms with Crippen LogP contribution in [-0.4, -0.2) is 28.7 Å². The molecule has 0 bridgehead atoms. The van der Waals surface area contributed by atoms with Crippen molar-refractivity contribution in [3.8, 4) is 0 Å². The Balaban J connectivity index is 1.79. The van der Waals surface area contributed by atoms with Gasteiger partial charge in [-0.2, -0.15) is 0 Å². The fourth-order valence-electron chi connectivity index (χ4n) is 2.36. The molecule has 18 heavy (non-hydrogen) atoms. The lowest BCUT2D eigenvalue weighted by Crippen LogP contribution is -2.17. The minimum atomic E-state index is -0.323. The third kappa shape index (κ3) is 3.57. The van der Waals surface area contributed by atoms with Crippen LogP contribution in [0.3, 0.4) is 0 Å². The molecule has 0 unspecified atom stereocenters. The largest absolute Gasteiger partial charge is 0.461 e. The van der Waals surface area contributed by atoms with Gasteiger partial charge in [0.05, 0.1) is 12.9 Å². The Morgan fingerprint density at radius 1 is 1.44 bits per heavy atom. The smallest absolute Gasteiger partial charge is 0.358 e. The minimum Gasteiger partial charge on any atom is -0.461 e. The molecule has 5 heteroatoms. The topological polar surface area (TPSA) is 70.1 Å². The zero-order valence-electron chi connectivity index (χ0n) is 10.7. The summed E-state index contributed by atoms with van der Waals surface area (Å²) in [5, 5.41) is 0. The second-order valence-corrected chi connectivity index (χ2v) is 4.89. The van der Waals surface area contributed by atoms with Crippen molar-refractivity contribution in [2.75, 3.05) is 13.2 Å². The monoisotopic (exact) mass is 251 g/mol. The van der Waals surface area contributed by atoms with Gasteiger partial charge in [0.15, 0.2) is 5.69 Å². The number of nitrogens with zero attached hydrogens (tertiary/aromatic N) is 2. The molecule has 1 aliphatic carbocycles. The average molecular weight is 251 g/mol. The molecule has 100 valence electrons. The predicted molar refractivity (Wildman–Crippen MR) is 68.1 cm³/mol. The van der Waals surface area contributed by atoms with E-state index in [0.29, 0.717) is 31.3 Å². The number of hydrogen-bond donors (Lipinski definition) is 1. The van der Waals surface area contributed by atoms with Gasteiger partial charge in [0.1, 0.15) is 0 Å². The zero-order valence-corrected chi connectivity index (χ0v) is 10.7. The molecule has 0 aliphatic heterocycles. The Bertz CT molecular complexity index is 383. The molecule has 1 aromatic heterocycles. The van der Waals surface area contributed by atoms with Gasteiger partial charge < -0.3 is 15.0 Å².